The van der Waals surface area contributed by atoms with Gasteiger partial charge in [-0.3, -0.25) is 10.1 Å². The minimum absolute atomic E-state index is 0.163. The van der Waals surface area contributed by atoms with E-state index in [2.05, 4.69) is 23.3 Å². The molecule has 2 rings (SSSR count). The number of hydrogen-bond donors (Lipinski definition) is 0. The van der Waals surface area contributed by atoms with E-state index in [1.54, 1.807) is 17.4 Å². The topological polar surface area (TPSA) is 46.4 Å². The minimum Gasteiger partial charge on any atom is -0.367 e. The van der Waals surface area contributed by atoms with Crippen molar-refractivity contribution in [2.75, 3.05) is 11.4 Å². The van der Waals surface area contributed by atoms with Crippen LogP contribution in [0.4, 0.5) is 11.4 Å². The van der Waals surface area contributed by atoms with Gasteiger partial charge in [-0.05, 0) is 53.1 Å². The summed E-state index contributed by atoms with van der Waals surface area (Å²) < 4.78 is 0.671. The molecule has 0 fully saturated rings. The van der Waals surface area contributed by atoms with Crippen molar-refractivity contribution in [1.29, 1.82) is 0 Å². The third-order valence-corrected chi connectivity index (χ3v) is 4.53. The van der Waals surface area contributed by atoms with Crippen LogP contribution in [0.1, 0.15) is 11.8 Å². The molecule has 1 heterocycles. The maximum atomic E-state index is 10.8. The Hall–Kier alpha value is -1.15. The normalized spacial score (nSPS) is 10.4. The van der Waals surface area contributed by atoms with Gasteiger partial charge in [-0.1, -0.05) is 6.07 Å². The molecule has 1 aromatic heterocycles. The highest BCUT2D eigenvalue weighted by Gasteiger charge is 2.14. The lowest BCUT2D eigenvalue weighted by molar-refractivity contribution is -0.385. The second-order valence-corrected chi connectivity index (χ2v) is 6.18. The summed E-state index contributed by atoms with van der Waals surface area (Å²) in [5, 5.41) is 12.9. The van der Waals surface area contributed by atoms with Crippen LogP contribution < -0.4 is 4.90 Å². The standard InChI is InChI=1S/C13H13IN2O2S/c1-2-15(9-11-4-3-7-19-11)10-5-6-13(16(17)18)12(14)8-10/h3-8H,2,9H2,1H3. The summed E-state index contributed by atoms with van der Waals surface area (Å²) in [7, 11) is 0. The van der Waals surface area contributed by atoms with Crippen molar-refractivity contribution >= 4 is 45.3 Å². The van der Waals surface area contributed by atoms with E-state index >= 15 is 0 Å². The summed E-state index contributed by atoms with van der Waals surface area (Å²) in [5.41, 5.74) is 1.18. The van der Waals surface area contributed by atoms with Gasteiger partial charge in [0, 0.05) is 23.2 Å². The number of anilines is 1. The van der Waals surface area contributed by atoms with Crippen LogP contribution in [0.15, 0.2) is 35.7 Å². The van der Waals surface area contributed by atoms with Crippen molar-refractivity contribution in [1.82, 2.24) is 0 Å². The third-order valence-electron chi connectivity index (χ3n) is 2.80. The van der Waals surface area contributed by atoms with Gasteiger partial charge in [0.15, 0.2) is 0 Å². The van der Waals surface area contributed by atoms with Crippen LogP contribution in [0.2, 0.25) is 0 Å². The number of nitro benzene ring substituents is 1. The average molecular weight is 388 g/mol. The molecule has 0 aliphatic heterocycles. The van der Waals surface area contributed by atoms with Crippen molar-refractivity contribution in [3.63, 3.8) is 0 Å². The second-order valence-electron chi connectivity index (χ2n) is 3.99. The number of nitro groups is 1. The second kappa shape index (κ2) is 6.33. The van der Waals surface area contributed by atoms with Gasteiger partial charge in [-0.2, -0.15) is 0 Å². The molecular formula is C13H13IN2O2S. The van der Waals surface area contributed by atoms with Gasteiger partial charge in [0.05, 0.1) is 15.0 Å². The quantitative estimate of drug-likeness (QED) is 0.436. The number of halogens is 1. The van der Waals surface area contributed by atoms with E-state index in [0.717, 1.165) is 18.8 Å². The number of nitrogens with zero attached hydrogens (tertiary/aromatic N) is 2. The summed E-state index contributed by atoms with van der Waals surface area (Å²) in [6.45, 7) is 3.79. The zero-order chi connectivity index (χ0) is 13.8. The fourth-order valence-electron chi connectivity index (χ4n) is 1.82. The molecule has 1 aromatic carbocycles. The summed E-state index contributed by atoms with van der Waals surface area (Å²) in [5.74, 6) is 0. The fourth-order valence-corrected chi connectivity index (χ4v) is 3.23. The van der Waals surface area contributed by atoms with E-state index in [9.17, 15) is 10.1 Å². The third kappa shape index (κ3) is 3.44. The molecule has 0 saturated heterocycles. The van der Waals surface area contributed by atoms with Gasteiger partial charge >= 0.3 is 0 Å². The zero-order valence-electron chi connectivity index (χ0n) is 10.4. The molecule has 6 heteroatoms. The first-order valence-corrected chi connectivity index (χ1v) is 7.79. The molecule has 0 unspecified atom stereocenters. The van der Waals surface area contributed by atoms with Crippen molar-refractivity contribution in [2.24, 2.45) is 0 Å². The molecule has 0 bridgehead atoms. The lowest BCUT2D eigenvalue weighted by Gasteiger charge is -2.22. The molecule has 0 amide bonds. The molecule has 0 spiro atoms. The predicted molar refractivity (Wildman–Crippen MR) is 86.9 cm³/mol. The molecule has 0 aliphatic carbocycles. The summed E-state index contributed by atoms with van der Waals surface area (Å²) >= 11 is 3.74. The molecule has 0 aliphatic rings. The molecule has 19 heavy (non-hydrogen) atoms. The molecule has 2 aromatic rings. The molecule has 0 atom stereocenters. The average Bonchev–Trinajstić information content (AvgIpc) is 2.88. The van der Waals surface area contributed by atoms with Crippen molar-refractivity contribution in [3.8, 4) is 0 Å². The zero-order valence-corrected chi connectivity index (χ0v) is 13.3. The number of thiophene rings is 1. The minimum atomic E-state index is -0.346. The molecular weight excluding hydrogens is 375 g/mol. The lowest BCUT2D eigenvalue weighted by atomic mass is 10.2. The Morgan fingerprint density at radius 1 is 1.42 bits per heavy atom. The summed E-state index contributed by atoms with van der Waals surface area (Å²) in [6.07, 6.45) is 0. The van der Waals surface area contributed by atoms with Gasteiger partial charge in [0.25, 0.3) is 5.69 Å². The van der Waals surface area contributed by atoms with Crippen molar-refractivity contribution in [2.45, 2.75) is 13.5 Å². The first-order chi connectivity index (χ1) is 9.11. The van der Waals surface area contributed by atoms with E-state index in [1.165, 1.54) is 4.88 Å². The molecule has 0 saturated carbocycles. The summed E-state index contributed by atoms with van der Waals surface area (Å²) in [4.78, 5) is 14.0. The van der Waals surface area contributed by atoms with Crippen molar-refractivity contribution in [3.05, 3.63) is 54.3 Å². The Labute approximate surface area is 129 Å². The Kier molecular flexibility index (Phi) is 4.76. The van der Waals surface area contributed by atoms with Crippen LogP contribution in [-0.4, -0.2) is 11.5 Å². The van der Waals surface area contributed by atoms with E-state index in [1.807, 2.05) is 40.8 Å². The fraction of sp³-hybridized carbons (Fsp3) is 0.231. The van der Waals surface area contributed by atoms with Crippen LogP contribution in [0, 0.1) is 13.7 Å². The smallest absolute Gasteiger partial charge is 0.282 e. The Morgan fingerprint density at radius 3 is 2.74 bits per heavy atom. The van der Waals surface area contributed by atoms with E-state index < -0.39 is 0 Å². The van der Waals surface area contributed by atoms with Crippen LogP contribution >= 0.6 is 33.9 Å². The largest absolute Gasteiger partial charge is 0.367 e. The SMILES string of the molecule is CCN(Cc1cccs1)c1ccc([N+](=O)[O-])c(I)c1. The highest BCUT2D eigenvalue weighted by atomic mass is 127. The lowest BCUT2D eigenvalue weighted by Crippen LogP contribution is -2.21. The van der Waals surface area contributed by atoms with Gasteiger partial charge in [-0.25, -0.2) is 0 Å². The van der Waals surface area contributed by atoms with E-state index in [-0.39, 0.29) is 10.6 Å². The van der Waals surface area contributed by atoms with Gasteiger partial charge in [0.1, 0.15) is 0 Å². The van der Waals surface area contributed by atoms with Gasteiger partial charge < -0.3 is 4.90 Å². The van der Waals surface area contributed by atoms with Crippen molar-refractivity contribution < 1.29 is 4.92 Å². The monoisotopic (exact) mass is 388 g/mol. The van der Waals surface area contributed by atoms with Gasteiger partial charge in [0.2, 0.25) is 0 Å². The van der Waals surface area contributed by atoms with Crippen LogP contribution in [0.3, 0.4) is 0 Å². The maximum Gasteiger partial charge on any atom is 0.282 e. The highest BCUT2D eigenvalue weighted by Crippen LogP contribution is 2.27. The van der Waals surface area contributed by atoms with Gasteiger partial charge in [-0.15, -0.1) is 11.3 Å². The molecule has 0 N–H and O–H groups in total. The number of benzene rings is 1. The Bertz CT molecular complexity index is 572. The predicted octanol–water partition coefficient (Wildman–Crippen LogP) is 4.29. The first kappa shape index (κ1) is 14.3. The first-order valence-electron chi connectivity index (χ1n) is 5.83. The highest BCUT2D eigenvalue weighted by molar-refractivity contribution is 14.1. The maximum absolute atomic E-state index is 10.8. The molecule has 0 radical (unpaired) electrons. The van der Waals surface area contributed by atoms with E-state index in [4.69, 9.17) is 0 Å². The van der Waals surface area contributed by atoms with Crippen LogP contribution in [0.25, 0.3) is 0 Å². The number of hydrogen-bond acceptors (Lipinski definition) is 4. The summed E-state index contributed by atoms with van der Waals surface area (Å²) in [6, 6.07) is 9.40. The van der Waals surface area contributed by atoms with Crippen LogP contribution in [-0.2, 0) is 6.54 Å². The van der Waals surface area contributed by atoms with E-state index in [0.29, 0.717) is 3.57 Å². The Morgan fingerprint density at radius 2 is 2.21 bits per heavy atom. The molecule has 4 nitrogen and oxygen atoms in total. The molecule has 100 valence electrons. The number of rotatable bonds is 5. The van der Waals surface area contributed by atoms with Crippen LogP contribution in [0.5, 0.6) is 0 Å². The Balaban J connectivity index is 2.23.